The summed E-state index contributed by atoms with van der Waals surface area (Å²) in [6.07, 6.45) is 0. The van der Waals surface area contributed by atoms with Crippen LogP contribution in [0.5, 0.6) is 0 Å². The van der Waals surface area contributed by atoms with Crippen molar-refractivity contribution in [1.29, 1.82) is 0 Å². The van der Waals surface area contributed by atoms with Crippen molar-refractivity contribution in [3.8, 4) is 0 Å². The van der Waals surface area contributed by atoms with Gasteiger partial charge in [0.2, 0.25) is 0 Å². The van der Waals surface area contributed by atoms with Crippen molar-refractivity contribution < 1.29 is 24.6 Å². The summed E-state index contributed by atoms with van der Waals surface area (Å²) in [5.74, 6) is 0. The standard InChI is InChI=1S/C7H5N3O6.C7H7N3O4/c1-4-6(9(13)14)2-5(8(11)12)3-7(4)10(15)16;1-4-6(9(11)12)2-5(8)3-7(4)10(13)14/h2-3H,1H3;2-3H,8H2,1H3. The van der Waals surface area contributed by atoms with Gasteiger partial charge < -0.3 is 5.73 Å². The molecule has 2 N–H and O–H groups in total. The summed E-state index contributed by atoms with van der Waals surface area (Å²) >= 11 is 0. The molecule has 0 spiro atoms. The molecule has 0 amide bonds. The number of nitro benzene ring substituents is 5. The zero-order chi connectivity index (χ0) is 23.3. The third-order valence-electron chi connectivity index (χ3n) is 3.71. The van der Waals surface area contributed by atoms with Crippen LogP contribution in [0.1, 0.15) is 11.1 Å². The summed E-state index contributed by atoms with van der Waals surface area (Å²) in [6.45, 7) is 2.48. The molecule has 0 saturated heterocycles. The zero-order valence-electron chi connectivity index (χ0n) is 15.2. The first-order valence-electron chi connectivity index (χ1n) is 7.54. The molecule has 2 aromatic carbocycles. The van der Waals surface area contributed by atoms with E-state index < -0.39 is 41.7 Å². The minimum atomic E-state index is -0.917. The second-order valence-electron chi connectivity index (χ2n) is 5.58. The Hall–Kier alpha value is -4.76. The third kappa shape index (κ3) is 5.15. The van der Waals surface area contributed by atoms with Crippen LogP contribution < -0.4 is 5.73 Å². The van der Waals surface area contributed by atoms with Gasteiger partial charge in [0.25, 0.3) is 28.4 Å². The fourth-order valence-corrected chi connectivity index (χ4v) is 2.24. The van der Waals surface area contributed by atoms with Gasteiger partial charge in [-0.25, -0.2) is 0 Å². The first kappa shape index (κ1) is 23.3. The van der Waals surface area contributed by atoms with Crippen LogP contribution in [0.25, 0.3) is 0 Å². The zero-order valence-corrected chi connectivity index (χ0v) is 15.2. The molecule has 2 aromatic rings. The number of benzene rings is 2. The van der Waals surface area contributed by atoms with Crippen LogP contribution in [0.4, 0.5) is 34.1 Å². The molecule has 2 rings (SSSR count). The van der Waals surface area contributed by atoms with E-state index in [-0.39, 0.29) is 28.2 Å². The average Bonchev–Trinajstić information content (AvgIpc) is 2.62. The molecule has 16 nitrogen and oxygen atoms in total. The topological polar surface area (TPSA) is 242 Å². The molecule has 0 radical (unpaired) electrons. The van der Waals surface area contributed by atoms with Crippen LogP contribution in [0.2, 0.25) is 0 Å². The fraction of sp³-hybridized carbons (Fsp3) is 0.143. The van der Waals surface area contributed by atoms with E-state index in [9.17, 15) is 50.6 Å². The molecule has 0 aromatic heterocycles. The summed E-state index contributed by atoms with van der Waals surface area (Å²) in [5, 5.41) is 52.4. The van der Waals surface area contributed by atoms with E-state index in [1.54, 1.807) is 0 Å². The molecule has 0 atom stereocenters. The van der Waals surface area contributed by atoms with E-state index in [1.165, 1.54) is 13.8 Å². The lowest BCUT2D eigenvalue weighted by Crippen LogP contribution is -2.00. The summed E-state index contributed by atoms with van der Waals surface area (Å²) < 4.78 is 0. The molecule has 0 fully saturated rings. The maximum Gasteiger partial charge on any atom is 0.286 e. The number of nitrogen functional groups attached to an aromatic ring is 1. The van der Waals surface area contributed by atoms with Crippen LogP contribution in [0.15, 0.2) is 24.3 Å². The monoisotopic (exact) mass is 424 g/mol. The molecule has 0 saturated carbocycles. The number of nitrogens with two attached hydrogens (primary N) is 1. The maximum absolute atomic E-state index is 10.5. The highest BCUT2D eigenvalue weighted by Crippen LogP contribution is 2.32. The van der Waals surface area contributed by atoms with Gasteiger partial charge in [-0.15, -0.1) is 0 Å². The van der Waals surface area contributed by atoms with Crippen molar-refractivity contribution >= 4 is 34.1 Å². The van der Waals surface area contributed by atoms with Crippen molar-refractivity contribution in [2.45, 2.75) is 13.8 Å². The van der Waals surface area contributed by atoms with Crippen LogP contribution in [0, 0.1) is 64.4 Å². The summed E-state index contributed by atoms with van der Waals surface area (Å²) in [5.41, 5.74) is 2.48. The predicted octanol–water partition coefficient (Wildman–Crippen LogP) is 3.11. The van der Waals surface area contributed by atoms with Crippen molar-refractivity contribution in [2.75, 3.05) is 5.73 Å². The van der Waals surface area contributed by atoms with Gasteiger partial charge in [0, 0.05) is 17.8 Å². The normalized spacial score (nSPS) is 9.80. The van der Waals surface area contributed by atoms with Gasteiger partial charge in [0.15, 0.2) is 0 Å². The van der Waals surface area contributed by atoms with Gasteiger partial charge in [-0.1, -0.05) is 0 Å². The van der Waals surface area contributed by atoms with Crippen molar-refractivity contribution in [1.82, 2.24) is 0 Å². The van der Waals surface area contributed by atoms with Crippen LogP contribution in [0.3, 0.4) is 0 Å². The van der Waals surface area contributed by atoms with Gasteiger partial charge >= 0.3 is 0 Å². The Morgan fingerprint density at radius 3 is 1.07 bits per heavy atom. The lowest BCUT2D eigenvalue weighted by atomic mass is 10.1. The minimum Gasteiger partial charge on any atom is -0.398 e. The van der Waals surface area contributed by atoms with Crippen LogP contribution in [-0.2, 0) is 0 Å². The Balaban J connectivity index is 0.000000303. The van der Waals surface area contributed by atoms with Gasteiger partial charge in [0.05, 0.1) is 36.7 Å². The smallest absolute Gasteiger partial charge is 0.286 e. The summed E-state index contributed by atoms with van der Waals surface area (Å²) in [4.78, 5) is 48.3. The van der Waals surface area contributed by atoms with Crippen molar-refractivity contribution in [3.63, 3.8) is 0 Å². The van der Waals surface area contributed by atoms with Gasteiger partial charge in [-0.2, -0.15) is 0 Å². The third-order valence-corrected chi connectivity index (χ3v) is 3.71. The van der Waals surface area contributed by atoms with E-state index in [1.807, 2.05) is 0 Å². The second kappa shape index (κ2) is 8.95. The van der Waals surface area contributed by atoms with E-state index in [2.05, 4.69) is 0 Å². The molecule has 0 aliphatic heterocycles. The van der Waals surface area contributed by atoms with Crippen LogP contribution in [-0.4, -0.2) is 24.6 Å². The molecule has 30 heavy (non-hydrogen) atoms. The van der Waals surface area contributed by atoms with E-state index in [0.717, 1.165) is 12.1 Å². The first-order chi connectivity index (χ1) is 13.8. The minimum absolute atomic E-state index is 0.00833. The van der Waals surface area contributed by atoms with E-state index in [4.69, 9.17) is 5.73 Å². The Morgan fingerprint density at radius 1 is 0.567 bits per heavy atom. The lowest BCUT2D eigenvalue weighted by Gasteiger charge is -2.00. The van der Waals surface area contributed by atoms with E-state index >= 15 is 0 Å². The van der Waals surface area contributed by atoms with Gasteiger partial charge in [-0.3, -0.25) is 50.6 Å². The molecule has 0 bridgehead atoms. The maximum atomic E-state index is 10.5. The largest absolute Gasteiger partial charge is 0.398 e. The number of rotatable bonds is 5. The molecule has 0 aliphatic rings. The molecular weight excluding hydrogens is 412 g/mol. The van der Waals surface area contributed by atoms with Crippen molar-refractivity contribution in [2.24, 2.45) is 0 Å². The Kier molecular flexibility index (Phi) is 6.95. The Bertz CT molecular complexity index is 1010. The Morgan fingerprint density at radius 2 is 0.833 bits per heavy atom. The SMILES string of the molecule is Cc1c([N+](=O)[O-])cc(N)cc1[N+](=O)[O-].Cc1c([N+](=O)[O-])cc([N+](=O)[O-])cc1[N+](=O)[O-]. The number of hydrogen-bond acceptors (Lipinski definition) is 11. The number of hydrogen-bond donors (Lipinski definition) is 1. The summed E-state index contributed by atoms with van der Waals surface area (Å²) in [6, 6.07) is 3.59. The summed E-state index contributed by atoms with van der Waals surface area (Å²) in [7, 11) is 0. The lowest BCUT2D eigenvalue weighted by molar-refractivity contribution is -0.403. The molecule has 16 heteroatoms. The second-order valence-corrected chi connectivity index (χ2v) is 5.58. The highest BCUT2D eigenvalue weighted by molar-refractivity contribution is 5.62. The molecule has 0 unspecified atom stereocenters. The highest BCUT2D eigenvalue weighted by Gasteiger charge is 2.27. The van der Waals surface area contributed by atoms with Crippen molar-refractivity contribution in [3.05, 3.63) is 86.0 Å². The van der Waals surface area contributed by atoms with Crippen LogP contribution >= 0.6 is 0 Å². The predicted molar refractivity (Wildman–Crippen MR) is 100 cm³/mol. The number of anilines is 1. The molecular formula is C14H12N6O10. The average molecular weight is 424 g/mol. The van der Waals surface area contributed by atoms with E-state index in [0.29, 0.717) is 12.1 Å². The fourth-order valence-electron chi connectivity index (χ4n) is 2.24. The van der Waals surface area contributed by atoms with Gasteiger partial charge in [0.1, 0.15) is 11.1 Å². The molecule has 0 heterocycles. The highest BCUT2D eigenvalue weighted by atomic mass is 16.6. The number of non-ortho nitro benzene ring substituents is 1. The first-order valence-corrected chi connectivity index (χ1v) is 7.54. The Labute approximate surface area is 165 Å². The number of nitro groups is 5. The molecule has 0 aliphatic carbocycles. The molecule has 158 valence electrons. The van der Waals surface area contributed by atoms with Gasteiger partial charge in [-0.05, 0) is 13.8 Å². The number of nitrogens with zero attached hydrogens (tertiary/aromatic N) is 5. The quantitative estimate of drug-likeness (QED) is 0.415.